The van der Waals surface area contributed by atoms with E-state index in [1.807, 2.05) is 12.1 Å². The average Bonchev–Trinajstić information content (AvgIpc) is 3.12. The average molecular weight is 332 g/mol. The molecule has 0 atom stereocenters. The minimum absolute atomic E-state index is 0.421. The summed E-state index contributed by atoms with van der Waals surface area (Å²) in [4.78, 5) is 11.8. The molecule has 1 aromatic rings. The third kappa shape index (κ3) is 4.41. The first-order valence-corrected chi connectivity index (χ1v) is 9.11. The first kappa shape index (κ1) is 17.1. The van der Waals surface area contributed by atoms with Crippen molar-refractivity contribution in [3.8, 4) is 5.75 Å². The summed E-state index contributed by atoms with van der Waals surface area (Å²) in [6, 6.07) is 5.52. The maximum Gasteiger partial charge on any atom is 0.250 e. The molecule has 1 amide bonds. The lowest BCUT2D eigenvalue weighted by Gasteiger charge is -2.24. The van der Waals surface area contributed by atoms with Gasteiger partial charge in [-0.25, -0.2) is 0 Å². The highest BCUT2D eigenvalue weighted by Crippen LogP contribution is 2.32. The second kappa shape index (κ2) is 8.38. The minimum atomic E-state index is -0.421. The van der Waals surface area contributed by atoms with Crippen LogP contribution < -0.4 is 15.8 Å². The van der Waals surface area contributed by atoms with Crippen molar-refractivity contribution in [2.24, 2.45) is 17.6 Å². The number of carbonyl (C=O) groups excluding carboxylic acids is 1. The molecule has 0 radical (unpaired) electrons. The molecular weight excluding hydrogens is 304 g/mol. The number of nitrogens with two attached hydrogens (primary N) is 1. The van der Waals surface area contributed by atoms with Crippen LogP contribution in [-0.2, 0) is 4.74 Å². The lowest BCUT2D eigenvalue weighted by atomic mass is 10.00. The Bertz CT molecular complexity index is 550. The molecular formula is C19H28N2O3. The summed E-state index contributed by atoms with van der Waals surface area (Å²) < 4.78 is 11.5. The molecule has 132 valence electrons. The van der Waals surface area contributed by atoms with E-state index in [-0.39, 0.29) is 0 Å². The Morgan fingerprint density at radius 1 is 1.17 bits per heavy atom. The fraction of sp³-hybridized carbons (Fsp3) is 0.632. The Hall–Kier alpha value is -1.75. The van der Waals surface area contributed by atoms with Gasteiger partial charge < -0.3 is 20.5 Å². The van der Waals surface area contributed by atoms with Gasteiger partial charge in [-0.1, -0.05) is 18.9 Å². The molecule has 3 rings (SSSR count). The molecule has 2 fully saturated rings. The van der Waals surface area contributed by atoms with Gasteiger partial charge >= 0.3 is 0 Å². The number of benzene rings is 1. The van der Waals surface area contributed by atoms with Crippen molar-refractivity contribution in [2.75, 3.05) is 31.7 Å². The van der Waals surface area contributed by atoms with Gasteiger partial charge in [-0.15, -0.1) is 0 Å². The number of para-hydroxylation sites is 1. The second-order valence-corrected chi connectivity index (χ2v) is 6.94. The third-order valence-electron chi connectivity index (χ3n) is 5.15. The van der Waals surface area contributed by atoms with E-state index in [4.69, 9.17) is 15.2 Å². The molecule has 1 aliphatic carbocycles. The number of amides is 1. The molecule has 0 unspecified atom stereocenters. The van der Waals surface area contributed by atoms with Crippen LogP contribution in [0.2, 0.25) is 0 Å². The van der Waals surface area contributed by atoms with Gasteiger partial charge in [-0.05, 0) is 49.7 Å². The molecule has 1 aromatic carbocycles. The predicted molar refractivity (Wildman–Crippen MR) is 94.4 cm³/mol. The van der Waals surface area contributed by atoms with E-state index in [1.165, 1.54) is 25.7 Å². The van der Waals surface area contributed by atoms with Gasteiger partial charge in [0.1, 0.15) is 5.75 Å². The highest BCUT2D eigenvalue weighted by Gasteiger charge is 2.20. The highest BCUT2D eigenvalue weighted by atomic mass is 16.5. The van der Waals surface area contributed by atoms with Gasteiger partial charge in [-0.2, -0.15) is 0 Å². The van der Waals surface area contributed by atoms with Gasteiger partial charge in [0.25, 0.3) is 5.91 Å². The normalized spacial score (nSPS) is 19.3. The van der Waals surface area contributed by atoms with Gasteiger partial charge in [0, 0.05) is 19.8 Å². The van der Waals surface area contributed by atoms with E-state index >= 15 is 0 Å². The predicted octanol–water partition coefficient (Wildman–Crippen LogP) is 3.19. The van der Waals surface area contributed by atoms with Crippen molar-refractivity contribution < 1.29 is 14.3 Å². The Labute approximate surface area is 143 Å². The fourth-order valence-corrected chi connectivity index (χ4v) is 3.62. The van der Waals surface area contributed by atoms with E-state index in [0.717, 1.165) is 44.0 Å². The van der Waals surface area contributed by atoms with E-state index in [2.05, 4.69) is 5.32 Å². The molecule has 3 N–H and O–H groups in total. The van der Waals surface area contributed by atoms with Crippen molar-refractivity contribution in [3.63, 3.8) is 0 Å². The molecule has 1 heterocycles. The number of carbonyl (C=O) groups is 1. The van der Waals surface area contributed by atoms with Crippen molar-refractivity contribution in [2.45, 2.75) is 38.5 Å². The van der Waals surface area contributed by atoms with Crippen LogP contribution >= 0.6 is 0 Å². The first-order chi connectivity index (χ1) is 11.7. The zero-order valence-electron chi connectivity index (χ0n) is 14.3. The maximum absolute atomic E-state index is 11.8. The summed E-state index contributed by atoms with van der Waals surface area (Å²) in [5, 5.41) is 3.43. The molecule has 0 spiro atoms. The van der Waals surface area contributed by atoms with Crippen molar-refractivity contribution >= 4 is 11.6 Å². The Morgan fingerprint density at radius 3 is 2.62 bits per heavy atom. The largest absolute Gasteiger partial charge is 0.491 e. The van der Waals surface area contributed by atoms with Gasteiger partial charge in [0.05, 0.1) is 17.9 Å². The van der Waals surface area contributed by atoms with Crippen molar-refractivity contribution in [1.29, 1.82) is 0 Å². The standard InChI is InChI=1S/C19H28N2O3/c20-19(22)16-6-3-7-17(24-13-15-4-1-2-5-15)18(16)21-12-14-8-10-23-11-9-14/h3,6-7,14-15,21H,1-2,4-5,8-13H2,(H2,20,22). The van der Waals surface area contributed by atoms with Crippen LogP contribution in [0.15, 0.2) is 18.2 Å². The van der Waals surface area contributed by atoms with Crippen molar-refractivity contribution in [1.82, 2.24) is 0 Å². The summed E-state index contributed by atoms with van der Waals surface area (Å²) in [7, 11) is 0. The fourth-order valence-electron chi connectivity index (χ4n) is 3.62. The van der Waals surface area contributed by atoms with Gasteiger partial charge in [0.15, 0.2) is 0 Å². The van der Waals surface area contributed by atoms with Gasteiger partial charge in [0.2, 0.25) is 0 Å². The number of hydrogen-bond donors (Lipinski definition) is 2. The van der Waals surface area contributed by atoms with E-state index in [1.54, 1.807) is 6.07 Å². The molecule has 1 saturated heterocycles. The maximum atomic E-state index is 11.8. The molecule has 24 heavy (non-hydrogen) atoms. The van der Waals surface area contributed by atoms with Crippen LogP contribution in [0, 0.1) is 11.8 Å². The molecule has 0 bridgehead atoms. The number of nitrogens with one attached hydrogen (secondary N) is 1. The summed E-state index contributed by atoms with van der Waals surface area (Å²) in [6.45, 7) is 3.16. The van der Waals surface area contributed by atoms with Gasteiger partial charge in [-0.3, -0.25) is 4.79 Å². The zero-order chi connectivity index (χ0) is 16.8. The topological polar surface area (TPSA) is 73.6 Å². The summed E-state index contributed by atoms with van der Waals surface area (Å²) in [5.41, 5.74) is 6.81. The number of anilines is 1. The van der Waals surface area contributed by atoms with E-state index < -0.39 is 5.91 Å². The summed E-state index contributed by atoms with van der Waals surface area (Å²) in [6.07, 6.45) is 7.16. The SMILES string of the molecule is NC(=O)c1cccc(OCC2CCCC2)c1NCC1CCOCC1. The van der Waals surface area contributed by atoms with E-state index in [0.29, 0.717) is 24.0 Å². The second-order valence-electron chi connectivity index (χ2n) is 6.94. The lowest BCUT2D eigenvalue weighted by Crippen LogP contribution is -2.24. The number of hydrogen-bond acceptors (Lipinski definition) is 4. The van der Waals surface area contributed by atoms with Crippen LogP contribution in [0.3, 0.4) is 0 Å². The van der Waals surface area contributed by atoms with Crippen LogP contribution in [-0.4, -0.2) is 32.3 Å². The van der Waals surface area contributed by atoms with Crippen LogP contribution in [0.25, 0.3) is 0 Å². The molecule has 1 saturated carbocycles. The Kier molecular flexibility index (Phi) is 5.96. The lowest BCUT2D eigenvalue weighted by molar-refractivity contribution is 0.0699. The molecule has 5 heteroatoms. The number of ether oxygens (including phenoxy) is 2. The number of primary amides is 1. The minimum Gasteiger partial charge on any atom is -0.491 e. The van der Waals surface area contributed by atoms with Crippen LogP contribution in [0.4, 0.5) is 5.69 Å². The summed E-state index contributed by atoms with van der Waals surface area (Å²) >= 11 is 0. The monoisotopic (exact) mass is 332 g/mol. The highest BCUT2D eigenvalue weighted by molar-refractivity contribution is 5.99. The molecule has 0 aromatic heterocycles. The third-order valence-corrected chi connectivity index (χ3v) is 5.15. The smallest absolute Gasteiger partial charge is 0.250 e. The Morgan fingerprint density at radius 2 is 1.92 bits per heavy atom. The quantitative estimate of drug-likeness (QED) is 0.804. The first-order valence-electron chi connectivity index (χ1n) is 9.11. The molecule has 2 aliphatic rings. The van der Waals surface area contributed by atoms with Crippen LogP contribution in [0.1, 0.15) is 48.9 Å². The van der Waals surface area contributed by atoms with Crippen molar-refractivity contribution in [3.05, 3.63) is 23.8 Å². The molecule has 5 nitrogen and oxygen atoms in total. The van der Waals surface area contributed by atoms with Crippen LogP contribution in [0.5, 0.6) is 5.75 Å². The Balaban J connectivity index is 1.68. The number of rotatable bonds is 7. The molecule has 1 aliphatic heterocycles. The summed E-state index contributed by atoms with van der Waals surface area (Å²) in [5.74, 6) is 1.51. The van der Waals surface area contributed by atoms with E-state index in [9.17, 15) is 4.79 Å². The zero-order valence-corrected chi connectivity index (χ0v) is 14.3.